The highest BCUT2D eigenvalue weighted by Crippen LogP contribution is 2.26. The monoisotopic (exact) mass is 416 g/mol. The number of carbonyl (C=O) groups is 1. The van der Waals surface area contributed by atoms with Crippen LogP contribution in [0, 0.1) is 0 Å². The van der Waals surface area contributed by atoms with E-state index in [-0.39, 0.29) is 16.9 Å². The third kappa shape index (κ3) is 6.05. The van der Waals surface area contributed by atoms with Gasteiger partial charge >= 0.3 is 0 Å². The summed E-state index contributed by atoms with van der Waals surface area (Å²) < 4.78 is 31.9. The van der Waals surface area contributed by atoms with Crippen LogP contribution in [0.5, 0.6) is 5.75 Å². The molecule has 3 rings (SSSR count). The fraction of sp³-hybridized carbons (Fsp3) is 0.409. The van der Waals surface area contributed by atoms with Crippen LogP contribution in [0.15, 0.2) is 53.4 Å². The minimum Gasteiger partial charge on any atom is -0.490 e. The minimum atomic E-state index is -3.44. The lowest BCUT2D eigenvalue weighted by atomic mass is 10.1. The number of nitrogens with one attached hydrogen (secondary N) is 2. The molecular weight excluding hydrogens is 388 g/mol. The molecule has 0 atom stereocenters. The standard InChI is InChI=1S/C22H28N2O4S/c1-23-29(26,27)20-13-10-17(11-14-20)12-15-22(25)24-16-18-6-2-5-9-21(18)28-19-7-3-4-8-19/h2,5-6,9-11,13-14,19,23H,3-4,7-8,12,15-16H2,1H3,(H,24,25). The number of para-hydroxylation sites is 1. The highest BCUT2D eigenvalue weighted by Gasteiger charge is 2.18. The van der Waals surface area contributed by atoms with Gasteiger partial charge < -0.3 is 10.1 Å². The molecule has 0 aliphatic heterocycles. The van der Waals surface area contributed by atoms with Crippen LogP contribution >= 0.6 is 0 Å². The van der Waals surface area contributed by atoms with Crippen molar-refractivity contribution in [3.05, 3.63) is 59.7 Å². The first-order chi connectivity index (χ1) is 14.0. The van der Waals surface area contributed by atoms with E-state index < -0.39 is 10.0 Å². The van der Waals surface area contributed by atoms with Crippen molar-refractivity contribution in [3.8, 4) is 5.75 Å². The molecule has 7 heteroatoms. The Bertz CT molecular complexity index is 920. The van der Waals surface area contributed by atoms with Gasteiger partial charge in [-0.15, -0.1) is 0 Å². The van der Waals surface area contributed by atoms with Gasteiger partial charge in [0.25, 0.3) is 0 Å². The molecular formula is C22H28N2O4S. The Labute approximate surface area is 172 Å². The second-order valence-electron chi connectivity index (χ2n) is 7.26. The number of hydrogen-bond acceptors (Lipinski definition) is 4. The average molecular weight is 417 g/mol. The SMILES string of the molecule is CNS(=O)(=O)c1ccc(CCC(=O)NCc2ccccc2OC2CCCC2)cc1. The third-order valence-electron chi connectivity index (χ3n) is 5.19. The molecule has 0 radical (unpaired) electrons. The van der Waals surface area contributed by atoms with Gasteiger partial charge in [-0.1, -0.05) is 30.3 Å². The van der Waals surface area contributed by atoms with Gasteiger partial charge in [0.15, 0.2) is 0 Å². The van der Waals surface area contributed by atoms with E-state index in [4.69, 9.17) is 4.74 Å². The molecule has 0 spiro atoms. The van der Waals surface area contributed by atoms with Crippen LogP contribution in [0.1, 0.15) is 43.2 Å². The van der Waals surface area contributed by atoms with Crippen LogP contribution in [-0.4, -0.2) is 27.5 Å². The van der Waals surface area contributed by atoms with Gasteiger partial charge in [0.05, 0.1) is 11.0 Å². The van der Waals surface area contributed by atoms with E-state index in [1.54, 1.807) is 24.3 Å². The predicted molar refractivity (Wildman–Crippen MR) is 112 cm³/mol. The summed E-state index contributed by atoms with van der Waals surface area (Å²) in [6, 6.07) is 14.4. The summed E-state index contributed by atoms with van der Waals surface area (Å²) in [5.74, 6) is 0.800. The van der Waals surface area contributed by atoms with Crippen molar-refractivity contribution in [2.75, 3.05) is 7.05 Å². The van der Waals surface area contributed by atoms with E-state index in [0.29, 0.717) is 19.4 Å². The summed E-state index contributed by atoms with van der Waals surface area (Å²) in [7, 11) is -2.06. The van der Waals surface area contributed by atoms with Crippen molar-refractivity contribution in [3.63, 3.8) is 0 Å². The molecule has 0 bridgehead atoms. The number of benzene rings is 2. The predicted octanol–water partition coefficient (Wildman–Crippen LogP) is 3.17. The summed E-state index contributed by atoms with van der Waals surface area (Å²) in [5, 5.41) is 2.95. The molecule has 2 N–H and O–H groups in total. The molecule has 0 saturated heterocycles. The Morgan fingerprint density at radius 2 is 1.76 bits per heavy atom. The first-order valence-electron chi connectivity index (χ1n) is 10.0. The second kappa shape index (κ2) is 9.89. The molecule has 2 aromatic rings. The van der Waals surface area contributed by atoms with Gasteiger partial charge in [-0.05, 0) is 62.9 Å². The van der Waals surface area contributed by atoms with Crippen LogP contribution < -0.4 is 14.8 Å². The van der Waals surface area contributed by atoms with Crippen molar-refractivity contribution in [2.45, 2.75) is 56.1 Å². The minimum absolute atomic E-state index is 0.0485. The number of ether oxygens (including phenoxy) is 1. The maximum Gasteiger partial charge on any atom is 0.240 e. The second-order valence-corrected chi connectivity index (χ2v) is 9.15. The van der Waals surface area contributed by atoms with Crippen molar-refractivity contribution in [2.24, 2.45) is 0 Å². The molecule has 0 aromatic heterocycles. The molecule has 29 heavy (non-hydrogen) atoms. The summed E-state index contributed by atoms with van der Waals surface area (Å²) in [6.45, 7) is 0.432. The van der Waals surface area contributed by atoms with Gasteiger partial charge in [0.1, 0.15) is 5.75 Å². The van der Waals surface area contributed by atoms with Gasteiger partial charge in [-0.2, -0.15) is 0 Å². The molecule has 1 saturated carbocycles. The molecule has 1 amide bonds. The van der Waals surface area contributed by atoms with Crippen molar-refractivity contribution < 1.29 is 17.9 Å². The van der Waals surface area contributed by atoms with Crippen LogP contribution in [0.25, 0.3) is 0 Å². The Kier molecular flexibility index (Phi) is 7.28. The molecule has 6 nitrogen and oxygen atoms in total. The summed E-state index contributed by atoms with van der Waals surface area (Å²) in [4.78, 5) is 12.5. The van der Waals surface area contributed by atoms with Crippen molar-refractivity contribution in [1.29, 1.82) is 0 Å². The van der Waals surface area contributed by atoms with Crippen molar-refractivity contribution in [1.82, 2.24) is 10.0 Å². The number of hydrogen-bond donors (Lipinski definition) is 2. The molecule has 1 aliphatic carbocycles. The summed E-state index contributed by atoms with van der Waals surface area (Å²) in [6.07, 6.45) is 5.78. The third-order valence-corrected chi connectivity index (χ3v) is 6.62. The fourth-order valence-electron chi connectivity index (χ4n) is 3.44. The molecule has 0 heterocycles. The van der Waals surface area contributed by atoms with Crippen LogP contribution in [0.4, 0.5) is 0 Å². The van der Waals surface area contributed by atoms with E-state index in [1.165, 1.54) is 19.9 Å². The number of aryl methyl sites for hydroxylation is 1. The smallest absolute Gasteiger partial charge is 0.240 e. The zero-order valence-electron chi connectivity index (χ0n) is 16.7. The Morgan fingerprint density at radius 3 is 2.45 bits per heavy atom. The maximum atomic E-state index is 12.3. The van der Waals surface area contributed by atoms with Crippen molar-refractivity contribution >= 4 is 15.9 Å². The molecule has 1 fully saturated rings. The van der Waals surface area contributed by atoms with E-state index >= 15 is 0 Å². The van der Waals surface area contributed by atoms with Crippen LogP contribution in [-0.2, 0) is 27.8 Å². The molecule has 2 aromatic carbocycles. The zero-order valence-corrected chi connectivity index (χ0v) is 17.5. The number of sulfonamides is 1. The quantitative estimate of drug-likeness (QED) is 0.658. The topological polar surface area (TPSA) is 84.5 Å². The summed E-state index contributed by atoms with van der Waals surface area (Å²) >= 11 is 0. The van der Waals surface area contributed by atoms with E-state index in [1.807, 2.05) is 24.3 Å². The van der Waals surface area contributed by atoms with Crippen LogP contribution in [0.3, 0.4) is 0 Å². The lowest BCUT2D eigenvalue weighted by Gasteiger charge is -2.16. The first-order valence-corrected chi connectivity index (χ1v) is 11.5. The fourth-order valence-corrected chi connectivity index (χ4v) is 4.17. The van der Waals surface area contributed by atoms with Gasteiger partial charge in [-0.25, -0.2) is 13.1 Å². The lowest BCUT2D eigenvalue weighted by molar-refractivity contribution is -0.121. The molecule has 0 unspecified atom stereocenters. The summed E-state index contributed by atoms with van der Waals surface area (Å²) in [5.41, 5.74) is 1.90. The highest BCUT2D eigenvalue weighted by molar-refractivity contribution is 7.89. The number of rotatable bonds is 9. The zero-order chi connectivity index (χ0) is 20.7. The normalized spacial score (nSPS) is 14.7. The van der Waals surface area contributed by atoms with Gasteiger partial charge in [0, 0.05) is 18.5 Å². The Morgan fingerprint density at radius 1 is 1.07 bits per heavy atom. The average Bonchev–Trinajstić information content (AvgIpc) is 3.25. The molecule has 1 aliphatic rings. The van der Waals surface area contributed by atoms with Gasteiger partial charge in [-0.3, -0.25) is 4.79 Å². The maximum absolute atomic E-state index is 12.3. The van der Waals surface area contributed by atoms with E-state index in [0.717, 1.165) is 29.7 Å². The van der Waals surface area contributed by atoms with E-state index in [2.05, 4.69) is 10.0 Å². The Balaban J connectivity index is 1.49. The highest BCUT2D eigenvalue weighted by atomic mass is 32.2. The van der Waals surface area contributed by atoms with Gasteiger partial charge in [0.2, 0.25) is 15.9 Å². The number of amides is 1. The molecule has 156 valence electrons. The lowest BCUT2D eigenvalue weighted by Crippen LogP contribution is -2.24. The van der Waals surface area contributed by atoms with Crippen LogP contribution in [0.2, 0.25) is 0 Å². The van der Waals surface area contributed by atoms with E-state index in [9.17, 15) is 13.2 Å². The Hall–Kier alpha value is -2.38. The largest absolute Gasteiger partial charge is 0.490 e. The number of carbonyl (C=O) groups excluding carboxylic acids is 1. The first kappa shape index (κ1) is 21.3.